The number of hydrogen-bond acceptors (Lipinski definition) is 7. The number of nitrogens with two attached hydrogens (primary N) is 1. The zero-order chi connectivity index (χ0) is 18.5. The number of carbonyl (C=O) groups excluding carboxylic acids is 1. The summed E-state index contributed by atoms with van der Waals surface area (Å²) in [6, 6.07) is 5.89. The van der Waals surface area contributed by atoms with E-state index in [2.05, 4.69) is 15.2 Å². The van der Waals surface area contributed by atoms with Crippen molar-refractivity contribution in [1.82, 2.24) is 10.3 Å². The summed E-state index contributed by atoms with van der Waals surface area (Å²) in [4.78, 5) is 19.0. The van der Waals surface area contributed by atoms with Crippen LogP contribution in [-0.2, 0) is 6.42 Å². The van der Waals surface area contributed by atoms with Crippen molar-refractivity contribution in [3.05, 3.63) is 34.3 Å². The van der Waals surface area contributed by atoms with Crippen LogP contribution in [0.15, 0.2) is 23.6 Å². The number of hydrogen-bond donors (Lipinski definition) is 2. The summed E-state index contributed by atoms with van der Waals surface area (Å²) in [5.74, 6) is 1.38. The quantitative estimate of drug-likeness (QED) is 0.764. The molecule has 0 saturated carbocycles. The highest BCUT2D eigenvalue weighted by Crippen LogP contribution is 2.30. The van der Waals surface area contributed by atoms with Gasteiger partial charge in [-0.25, -0.2) is 4.98 Å². The fraction of sp³-hybridized carbons (Fsp3) is 0.444. The number of benzene rings is 1. The van der Waals surface area contributed by atoms with Gasteiger partial charge in [-0.15, -0.1) is 11.3 Å². The first kappa shape index (κ1) is 18.5. The van der Waals surface area contributed by atoms with E-state index in [9.17, 15) is 4.79 Å². The van der Waals surface area contributed by atoms with Crippen molar-refractivity contribution < 1.29 is 14.3 Å². The lowest BCUT2D eigenvalue weighted by Gasteiger charge is -2.20. The predicted molar refractivity (Wildman–Crippen MR) is 103 cm³/mol. The van der Waals surface area contributed by atoms with Gasteiger partial charge in [0.15, 0.2) is 0 Å². The molecule has 1 atom stereocenters. The zero-order valence-corrected chi connectivity index (χ0v) is 15.8. The third-order valence-electron chi connectivity index (χ3n) is 4.37. The molecule has 8 heteroatoms. The number of methoxy groups -OCH3 is 2. The minimum atomic E-state index is -0.125. The Morgan fingerprint density at radius 2 is 2.08 bits per heavy atom. The maximum absolute atomic E-state index is 12.4. The second-order valence-corrected chi connectivity index (χ2v) is 7.08. The molecule has 1 aliphatic rings. The van der Waals surface area contributed by atoms with E-state index >= 15 is 0 Å². The van der Waals surface area contributed by atoms with Gasteiger partial charge in [-0.3, -0.25) is 4.79 Å². The molecule has 1 unspecified atom stereocenters. The average Bonchev–Trinajstić information content (AvgIpc) is 3.31. The first-order valence-corrected chi connectivity index (χ1v) is 9.44. The van der Waals surface area contributed by atoms with E-state index < -0.39 is 0 Å². The molecule has 1 aromatic heterocycles. The van der Waals surface area contributed by atoms with Crippen molar-refractivity contribution >= 4 is 22.9 Å². The van der Waals surface area contributed by atoms with E-state index in [1.54, 1.807) is 19.6 Å². The summed E-state index contributed by atoms with van der Waals surface area (Å²) >= 11 is 1.48. The van der Waals surface area contributed by atoms with Crippen LogP contribution in [0.5, 0.6) is 11.5 Å². The number of nitrogens with zero attached hydrogens (tertiary/aromatic N) is 2. The summed E-state index contributed by atoms with van der Waals surface area (Å²) in [5.41, 5.74) is 7.03. The number of nitrogens with one attached hydrogen (secondary N) is 1. The van der Waals surface area contributed by atoms with E-state index in [4.69, 9.17) is 15.2 Å². The number of thiazole rings is 1. The molecule has 1 fully saturated rings. The van der Waals surface area contributed by atoms with Gasteiger partial charge in [-0.2, -0.15) is 0 Å². The van der Waals surface area contributed by atoms with Crippen molar-refractivity contribution in [2.45, 2.75) is 18.9 Å². The molecule has 2 heterocycles. The first-order chi connectivity index (χ1) is 12.6. The summed E-state index contributed by atoms with van der Waals surface area (Å²) in [7, 11) is 3.27. The second kappa shape index (κ2) is 8.37. The Balaban J connectivity index is 1.62. The van der Waals surface area contributed by atoms with Crippen molar-refractivity contribution in [1.29, 1.82) is 0 Å². The number of aromatic nitrogens is 1. The molecule has 1 saturated heterocycles. The maximum atomic E-state index is 12.4. The van der Waals surface area contributed by atoms with Crippen LogP contribution < -0.4 is 25.4 Å². The van der Waals surface area contributed by atoms with Gasteiger partial charge in [0, 0.05) is 54.8 Å². The summed E-state index contributed by atoms with van der Waals surface area (Å²) in [5, 5.41) is 5.77. The van der Waals surface area contributed by atoms with Crippen molar-refractivity contribution in [2.75, 3.05) is 38.8 Å². The molecule has 3 N–H and O–H groups in total. The first-order valence-electron chi connectivity index (χ1n) is 8.56. The molecule has 0 bridgehead atoms. The van der Waals surface area contributed by atoms with Crippen molar-refractivity contribution in [3.63, 3.8) is 0 Å². The van der Waals surface area contributed by atoms with E-state index in [1.165, 1.54) is 11.3 Å². The summed E-state index contributed by atoms with van der Waals surface area (Å²) < 4.78 is 10.7. The fourth-order valence-electron chi connectivity index (χ4n) is 3.00. The Hall–Kier alpha value is -2.32. The van der Waals surface area contributed by atoms with Crippen LogP contribution >= 0.6 is 11.3 Å². The van der Waals surface area contributed by atoms with Crippen LogP contribution in [0.4, 0.5) is 5.69 Å². The lowest BCUT2D eigenvalue weighted by Crippen LogP contribution is -2.37. The third kappa shape index (κ3) is 4.25. The number of carbonyl (C=O) groups is 1. The van der Waals surface area contributed by atoms with Crippen LogP contribution in [0.25, 0.3) is 0 Å². The topological polar surface area (TPSA) is 89.7 Å². The molecule has 1 aromatic carbocycles. The van der Waals surface area contributed by atoms with Crippen LogP contribution in [0, 0.1) is 0 Å². The van der Waals surface area contributed by atoms with Gasteiger partial charge in [0.05, 0.1) is 19.2 Å². The largest absolute Gasteiger partial charge is 0.497 e. The number of anilines is 1. The van der Waals surface area contributed by atoms with Crippen LogP contribution in [0.1, 0.15) is 21.9 Å². The van der Waals surface area contributed by atoms with E-state index in [-0.39, 0.29) is 11.9 Å². The second-order valence-electron chi connectivity index (χ2n) is 6.14. The molecular formula is C18H24N4O3S. The SMILES string of the molecule is COc1cc(OC)cc(N2CCC(NC(=O)c3csc(CCN)n3)C2)c1. The molecule has 0 radical (unpaired) electrons. The Morgan fingerprint density at radius 1 is 1.35 bits per heavy atom. The average molecular weight is 376 g/mol. The maximum Gasteiger partial charge on any atom is 0.271 e. The Bertz CT molecular complexity index is 742. The number of rotatable bonds is 7. The Labute approximate surface area is 157 Å². The molecule has 7 nitrogen and oxygen atoms in total. The van der Waals surface area contributed by atoms with Crippen molar-refractivity contribution in [2.24, 2.45) is 5.73 Å². The summed E-state index contributed by atoms with van der Waals surface area (Å²) in [6.07, 6.45) is 1.58. The Kier molecular flexibility index (Phi) is 5.95. The molecule has 1 aliphatic heterocycles. The lowest BCUT2D eigenvalue weighted by molar-refractivity contribution is 0.0936. The van der Waals surface area contributed by atoms with Gasteiger partial charge in [0.2, 0.25) is 0 Å². The fourth-order valence-corrected chi connectivity index (χ4v) is 3.79. The Morgan fingerprint density at radius 3 is 2.73 bits per heavy atom. The van der Waals surface area contributed by atoms with E-state index in [1.807, 2.05) is 18.2 Å². The highest BCUT2D eigenvalue weighted by molar-refractivity contribution is 7.09. The minimum absolute atomic E-state index is 0.0827. The highest BCUT2D eigenvalue weighted by atomic mass is 32.1. The van der Waals surface area contributed by atoms with Gasteiger partial charge in [0.25, 0.3) is 5.91 Å². The smallest absolute Gasteiger partial charge is 0.271 e. The van der Waals surface area contributed by atoms with Crippen LogP contribution in [0.2, 0.25) is 0 Å². The molecule has 2 aromatic rings. The normalized spacial score (nSPS) is 16.6. The van der Waals surface area contributed by atoms with Gasteiger partial charge >= 0.3 is 0 Å². The van der Waals surface area contributed by atoms with E-state index in [0.29, 0.717) is 18.7 Å². The standard InChI is InChI=1S/C18H24N4O3S/c1-24-14-7-13(8-15(9-14)25-2)22-6-4-12(10-22)20-18(23)16-11-26-17(21-16)3-5-19/h7-9,11-12H,3-6,10,19H2,1-2H3,(H,20,23). The van der Waals surface area contributed by atoms with Crippen LogP contribution in [-0.4, -0.2) is 50.8 Å². The highest BCUT2D eigenvalue weighted by Gasteiger charge is 2.26. The van der Waals surface area contributed by atoms with Gasteiger partial charge in [0.1, 0.15) is 17.2 Å². The number of amides is 1. The number of ether oxygens (including phenoxy) is 2. The monoisotopic (exact) mass is 376 g/mol. The molecule has 3 rings (SSSR count). The van der Waals surface area contributed by atoms with Gasteiger partial charge in [-0.05, 0) is 13.0 Å². The van der Waals surface area contributed by atoms with Gasteiger partial charge < -0.3 is 25.4 Å². The summed E-state index contributed by atoms with van der Waals surface area (Å²) in [6.45, 7) is 2.13. The molecule has 26 heavy (non-hydrogen) atoms. The van der Waals surface area contributed by atoms with Crippen LogP contribution in [0.3, 0.4) is 0 Å². The molecule has 0 spiro atoms. The molecule has 0 aliphatic carbocycles. The van der Waals surface area contributed by atoms with E-state index in [0.717, 1.165) is 41.7 Å². The third-order valence-corrected chi connectivity index (χ3v) is 5.28. The molecule has 140 valence electrons. The molecular weight excluding hydrogens is 352 g/mol. The molecule has 1 amide bonds. The lowest BCUT2D eigenvalue weighted by atomic mass is 10.2. The predicted octanol–water partition coefficient (Wildman–Crippen LogP) is 1.67. The minimum Gasteiger partial charge on any atom is -0.497 e. The van der Waals surface area contributed by atoms with Crippen molar-refractivity contribution in [3.8, 4) is 11.5 Å². The van der Waals surface area contributed by atoms with Gasteiger partial charge in [-0.1, -0.05) is 0 Å². The zero-order valence-electron chi connectivity index (χ0n) is 15.0.